The number of rotatable bonds is 9. The average molecular weight is 475 g/mol. The number of carbonyl (C=O) groups is 2. The second kappa shape index (κ2) is 9.69. The molecule has 0 atom stereocenters. The lowest BCUT2D eigenvalue weighted by molar-refractivity contribution is -0.123. The Morgan fingerprint density at radius 2 is 1.88 bits per heavy atom. The number of amides is 2. The maximum atomic E-state index is 12.8. The van der Waals surface area contributed by atoms with E-state index >= 15 is 0 Å². The Morgan fingerprint density at radius 3 is 2.62 bits per heavy atom. The number of aromatic nitrogens is 2. The van der Waals surface area contributed by atoms with E-state index in [4.69, 9.17) is 4.74 Å². The first kappa shape index (κ1) is 22.2. The van der Waals surface area contributed by atoms with Crippen LogP contribution in [0.15, 0.2) is 60.7 Å². The van der Waals surface area contributed by atoms with Crippen LogP contribution >= 0.6 is 11.3 Å². The smallest absolute Gasteiger partial charge is 0.261 e. The molecule has 5 rings (SSSR count). The summed E-state index contributed by atoms with van der Waals surface area (Å²) in [5.74, 6) is 0.496. The summed E-state index contributed by atoms with van der Waals surface area (Å²) in [4.78, 5) is 26.1. The van der Waals surface area contributed by atoms with Gasteiger partial charge in [0.05, 0.1) is 16.3 Å². The van der Waals surface area contributed by atoms with Gasteiger partial charge in [-0.3, -0.25) is 9.59 Å². The summed E-state index contributed by atoms with van der Waals surface area (Å²) in [6.45, 7) is 2.52. The molecule has 2 aromatic carbocycles. The predicted octanol–water partition coefficient (Wildman–Crippen LogP) is 4.03. The fourth-order valence-corrected chi connectivity index (χ4v) is 4.81. The third-order valence-corrected chi connectivity index (χ3v) is 6.81. The molecule has 2 amide bonds. The van der Waals surface area contributed by atoms with Crippen LogP contribution < -0.4 is 15.4 Å². The van der Waals surface area contributed by atoms with E-state index in [1.165, 1.54) is 11.3 Å². The number of fused-ring (bicyclic) bond motifs is 1. The summed E-state index contributed by atoms with van der Waals surface area (Å²) in [6.07, 6.45) is 2.83. The number of nitrogens with one attached hydrogen (secondary N) is 2. The third kappa shape index (κ3) is 5.12. The molecule has 0 radical (unpaired) electrons. The van der Waals surface area contributed by atoms with Crippen LogP contribution in [0.25, 0.3) is 15.9 Å². The second-order valence-electron chi connectivity index (χ2n) is 8.44. The SMILES string of the molecule is Cc1nn(-c2ccccc2)c2sc(C(=O)NCCc3ccc(OCC(=O)NC4CC4)cc3)cc12. The van der Waals surface area contributed by atoms with Crippen molar-refractivity contribution >= 4 is 33.4 Å². The molecule has 8 heteroatoms. The highest BCUT2D eigenvalue weighted by Crippen LogP contribution is 2.30. The highest BCUT2D eigenvalue weighted by Gasteiger charge is 2.23. The maximum Gasteiger partial charge on any atom is 0.261 e. The van der Waals surface area contributed by atoms with Gasteiger partial charge in [0.1, 0.15) is 10.6 Å². The minimum atomic E-state index is -0.0816. The molecule has 1 aliphatic carbocycles. The van der Waals surface area contributed by atoms with E-state index in [2.05, 4.69) is 15.7 Å². The number of hydrogen-bond donors (Lipinski definition) is 2. The van der Waals surface area contributed by atoms with Crippen LogP contribution in [0.5, 0.6) is 5.75 Å². The zero-order valence-corrected chi connectivity index (χ0v) is 19.7. The van der Waals surface area contributed by atoms with Crippen molar-refractivity contribution in [1.82, 2.24) is 20.4 Å². The molecule has 2 heterocycles. The molecule has 174 valence electrons. The molecule has 0 unspecified atom stereocenters. The van der Waals surface area contributed by atoms with Gasteiger partial charge in [-0.2, -0.15) is 5.10 Å². The van der Waals surface area contributed by atoms with E-state index in [-0.39, 0.29) is 18.4 Å². The fourth-order valence-electron chi connectivity index (χ4n) is 3.71. The number of nitrogens with zero attached hydrogens (tertiary/aromatic N) is 2. The summed E-state index contributed by atoms with van der Waals surface area (Å²) < 4.78 is 7.43. The monoisotopic (exact) mass is 474 g/mol. The molecule has 7 nitrogen and oxygen atoms in total. The Morgan fingerprint density at radius 1 is 1.12 bits per heavy atom. The number of ether oxygens (including phenoxy) is 1. The number of para-hydroxylation sites is 1. The molecule has 2 aromatic heterocycles. The highest BCUT2D eigenvalue weighted by molar-refractivity contribution is 7.20. The largest absolute Gasteiger partial charge is 0.484 e. The molecule has 1 aliphatic rings. The zero-order valence-electron chi connectivity index (χ0n) is 18.9. The van der Waals surface area contributed by atoms with E-state index in [1.54, 1.807) is 0 Å². The highest BCUT2D eigenvalue weighted by atomic mass is 32.1. The Hall–Kier alpha value is -3.65. The Balaban J connectivity index is 1.14. The Kier molecular flexibility index (Phi) is 6.31. The van der Waals surface area contributed by atoms with Crippen LogP contribution in [0.1, 0.15) is 33.8 Å². The molecular weight excluding hydrogens is 448 g/mol. The van der Waals surface area contributed by atoms with E-state index in [0.717, 1.165) is 40.0 Å². The number of aryl methyl sites for hydroxylation is 1. The van der Waals surface area contributed by atoms with Gasteiger partial charge in [-0.05, 0) is 62.1 Å². The molecule has 0 aliphatic heterocycles. The quantitative estimate of drug-likeness (QED) is 0.384. The van der Waals surface area contributed by atoms with Gasteiger partial charge in [-0.25, -0.2) is 4.68 Å². The predicted molar refractivity (Wildman–Crippen MR) is 133 cm³/mol. The summed E-state index contributed by atoms with van der Waals surface area (Å²) >= 11 is 1.45. The first-order valence-electron chi connectivity index (χ1n) is 11.4. The van der Waals surface area contributed by atoms with Gasteiger partial charge in [0.25, 0.3) is 11.8 Å². The lowest BCUT2D eigenvalue weighted by atomic mass is 10.1. The number of benzene rings is 2. The molecule has 2 N–H and O–H groups in total. The number of carbonyl (C=O) groups excluding carboxylic acids is 2. The number of hydrogen-bond acceptors (Lipinski definition) is 5. The lowest BCUT2D eigenvalue weighted by Gasteiger charge is -2.08. The Labute approximate surface area is 201 Å². The van der Waals surface area contributed by atoms with Crippen molar-refractivity contribution in [1.29, 1.82) is 0 Å². The van der Waals surface area contributed by atoms with Crippen molar-refractivity contribution < 1.29 is 14.3 Å². The Bertz CT molecular complexity index is 1310. The van der Waals surface area contributed by atoms with E-state index in [9.17, 15) is 9.59 Å². The van der Waals surface area contributed by atoms with Crippen molar-refractivity contribution in [2.24, 2.45) is 0 Å². The first-order valence-corrected chi connectivity index (χ1v) is 12.2. The fraction of sp³-hybridized carbons (Fsp3) is 0.269. The van der Waals surface area contributed by atoms with Crippen molar-refractivity contribution in [2.45, 2.75) is 32.2 Å². The van der Waals surface area contributed by atoms with Crippen LogP contribution in [0.2, 0.25) is 0 Å². The molecule has 0 bridgehead atoms. The van der Waals surface area contributed by atoms with Crippen molar-refractivity contribution in [3.8, 4) is 11.4 Å². The summed E-state index contributed by atoms with van der Waals surface area (Å²) in [6, 6.07) is 19.8. The van der Waals surface area contributed by atoms with E-state index in [0.29, 0.717) is 29.6 Å². The van der Waals surface area contributed by atoms with Crippen molar-refractivity contribution in [2.75, 3.05) is 13.2 Å². The normalized spacial score (nSPS) is 13.1. The molecule has 1 saturated carbocycles. The molecule has 0 saturated heterocycles. The van der Waals surface area contributed by atoms with Gasteiger partial charge < -0.3 is 15.4 Å². The van der Waals surface area contributed by atoms with Crippen LogP contribution in [0.4, 0.5) is 0 Å². The van der Waals surface area contributed by atoms with Crippen molar-refractivity contribution in [3.63, 3.8) is 0 Å². The van der Waals surface area contributed by atoms with Crippen molar-refractivity contribution in [3.05, 3.63) is 76.8 Å². The minimum Gasteiger partial charge on any atom is -0.484 e. The van der Waals surface area contributed by atoms with Crippen LogP contribution in [0.3, 0.4) is 0 Å². The second-order valence-corrected chi connectivity index (χ2v) is 9.47. The maximum absolute atomic E-state index is 12.8. The van der Waals surface area contributed by atoms with Crippen LogP contribution in [0, 0.1) is 6.92 Å². The summed E-state index contributed by atoms with van der Waals surface area (Å²) in [5, 5.41) is 11.5. The lowest BCUT2D eigenvalue weighted by Crippen LogP contribution is -2.30. The molecule has 34 heavy (non-hydrogen) atoms. The van der Waals surface area contributed by atoms with Gasteiger partial charge in [-0.15, -0.1) is 11.3 Å². The topological polar surface area (TPSA) is 85.2 Å². The van der Waals surface area contributed by atoms with Gasteiger partial charge in [-0.1, -0.05) is 30.3 Å². The molecule has 1 fully saturated rings. The third-order valence-electron chi connectivity index (χ3n) is 5.70. The van der Waals surface area contributed by atoms with Crippen LogP contribution in [-0.4, -0.2) is 40.8 Å². The van der Waals surface area contributed by atoms with E-state index in [1.807, 2.05) is 72.3 Å². The zero-order chi connectivity index (χ0) is 23.5. The number of thiophene rings is 1. The van der Waals surface area contributed by atoms with Gasteiger partial charge in [0.2, 0.25) is 0 Å². The van der Waals surface area contributed by atoms with E-state index < -0.39 is 0 Å². The molecule has 4 aromatic rings. The standard InChI is InChI=1S/C26H26N4O3S/c1-17-22-15-23(34-26(22)30(29-17)20-5-3-2-4-6-20)25(32)27-14-13-18-7-11-21(12-8-18)33-16-24(31)28-19-9-10-19/h2-8,11-12,15,19H,9-10,13-14,16H2,1H3,(H,27,32)(H,28,31). The molecular formula is C26H26N4O3S. The minimum absolute atomic E-state index is 0.0303. The first-order chi connectivity index (χ1) is 16.6. The summed E-state index contributed by atoms with van der Waals surface area (Å²) in [7, 11) is 0. The van der Waals surface area contributed by atoms with Gasteiger partial charge in [0.15, 0.2) is 6.61 Å². The summed E-state index contributed by atoms with van der Waals surface area (Å²) in [5.41, 5.74) is 2.97. The van der Waals surface area contributed by atoms with Crippen LogP contribution in [-0.2, 0) is 11.2 Å². The molecule has 0 spiro atoms. The van der Waals surface area contributed by atoms with Gasteiger partial charge in [0, 0.05) is 18.0 Å². The van der Waals surface area contributed by atoms with Gasteiger partial charge >= 0.3 is 0 Å². The average Bonchev–Trinajstić information content (AvgIpc) is 3.46.